The highest BCUT2D eigenvalue weighted by Crippen LogP contribution is 2.32. The summed E-state index contributed by atoms with van der Waals surface area (Å²) in [4.78, 5) is 24.8. The zero-order valence-electron chi connectivity index (χ0n) is 16.0. The fraction of sp³-hybridized carbons (Fsp3) is 0.684. The van der Waals surface area contributed by atoms with Crippen LogP contribution in [0.1, 0.15) is 41.0 Å². The van der Waals surface area contributed by atoms with Gasteiger partial charge in [0.25, 0.3) is 5.91 Å². The van der Waals surface area contributed by atoms with Crippen LogP contribution < -0.4 is 10.6 Å². The van der Waals surface area contributed by atoms with Crippen LogP contribution in [0.5, 0.6) is 0 Å². The fourth-order valence-electron chi connectivity index (χ4n) is 2.68. The van der Waals surface area contributed by atoms with Gasteiger partial charge in [0.15, 0.2) is 11.9 Å². The maximum Gasteiger partial charge on any atom is 0.252 e. The average Bonchev–Trinajstić information content (AvgIpc) is 2.86. The topological polar surface area (TPSA) is 76.7 Å². The molecule has 1 heterocycles. The molecular weight excluding hydrogens is 320 g/mol. The second-order valence-corrected chi connectivity index (χ2v) is 7.19. The van der Waals surface area contributed by atoms with Crippen LogP contribution in [-0.2, 0) is 19.1 Å². The van der Waals surface area contributed by atoms with Crippen molar-refractivity contribution in [1.82, 2.24) is 10.6 Å². The maximum absolute atomic E-state index is 12.5. The Labute approximate surface area is 151 Å². The standard InChI is InChI=1S/C19H32N2O4/c1-8-10-11-20-18(23)16-15(24-19(6,7)25-16)14(12(3)4)21-17(22)13(5)9-2/h8-9,12-16H,1-2,10-11H2,3-7H3,(H,20,23)(H,21,22)/t13-,14-,15+,16-/m0/s1. The van der Waals surface area contributed by atoms with Gasteiger partial charge in [0, 0.05) is 6.54 Å². The normalized spacial score (nSPS) is 24.4. The minimum atomic E-state index is -0.896. The van der Waals surface area contributed by atoms with E-state index in [4.69, 9.17) is 9.47 Å². The van der Waals surface area contributed by atoms with E-state index in [9.17, 15) is 9.59 Å². The van der Waals surface area contributed by atoms with E-state index in [1.807, 2.05) is 13.8 Å². The Kier molecular flexibility index (Phi) is 7.83. The smallest absolute Gasteiger partial charge is 0.252 e. The lowest BCUT2D eigenvalue weighted by Crippen LogP contribution is -2.54. The van der Waals surface area contributed by atoms with Crippen LogP contribution in [0.2, 0.25) is 0 Å². The largest absolute Gasteiger partial charge is 0.353 e. The average molecular weight is 352 g/mol. The van der Waals surface area contributed by atoms with Crippen molar-refractivity contribution in [1.29, 1.82) is 0 Å². The quantitative estimate of drug-likeness (QED) is 0.492. The van der Waals surface area contributed by atoms with Gasteiger partial charge in [-0.05, 0) is 26.2 Å². The van der Waals surface area contributed by atoms with E-state index >= 15 is 0 Å². The zero-order chi connectivity index (χ0) is 19.2. The van der Waals surface area contributed by atoms with E-state index in [0.717, 1.165) is 0 Å². The Balaban J connectivity index is 2.95. The molecule has 0 radical (unpaired) electrons. The molecule has 4 atom stereocenters. The molecule has 1 rings (SSSR count). The van der Waals surface area contributed by atoms with Crippen LogP contribution in [0.15, 0.2) is 25.3 Å². The minimum Gasteiger partial charge on any atom is -0.353 e. The highest BCUT2D eigenvalue weighted by molar-refractivity contribution is 5.83. The van der Waals surface area contributed by atoms with Crippen LogP contribution >= 0.6 is 0 Å². The third kappa shape index (κ3) is 5.97. The Hall–Kier alpha value is -1.66. The Morgan fingerprint density at radius 1 is 1.20 bits per heavy atom. The first-order chi connectivity index (χ1) is 11.6. The summed E-state index contributed by atoms with van der Waals surface area (Å²) in [5, 5.41) is 5.82. The monoisotopic (exact) mass is 352 g/mol. The van der Waals surface area contributed by atoms with E-state index in [1.165, 1.54) is 0 Å². The lowest BCUT2D eigenvalue weighted by Gasteiger charge is -2.30. The first-order valence-corrected chi connectivity index (χ1v) is 8.80. The van der Waals surface area contributed by atoms with E-state index in [1.54, 1.807) is 32.9 Å². The van der Waals surface area contributed by atoms with Gasteiger partial charge in [-0.15, -0.1) is 13.2 Å². The summed E-state index contributed by atoms with van der Waals surface area (Å²) in [6.07, 6.45) is 2.64. The number of hydrogen-bond donors (Lipinski definition) is 2. The van der Waals surface area contributed by atoms with Crippen molar-refractivity contribution in [3.63, 3.8) is 0 Å². The predicted molar refractivity (Wildman–Crippen MR) is 97.8 cm³/mol. The van der Waals surface area contributed by atoms with Gasteiger partial charge in [-0.3, -0.25) is 9.59 Å². The molecule has 1 aliphatic rings. The van der Waals surface area contributed by atoms with Crippen molar-refractivity contribution < 1.29 is 19.1 Å². The number of amides is 2. The van der Waals surface area contributed by atoms with Crippen molar-refractivity contribution in [2.75, 3.05) is 6.54 Å². The lowest BCUT2D eigenvalue weighted by atomic mass is 9.93. The first kappa shape index (κ1) is 21.4. The summed E-state index contributed by atoms with van der Waals surface area (Å²) in [7, 11) is 0. The molecule has 0 spiro atoms. The van der Waals surface area contributed by atoms with Gasteiger partial charge in [-0.2, -0.15) is 0 Å². The van der Waals surface area contributed by atoms with Gasteiger partial charge in [-0.25, -0.2) is 0 Å². The van der Waals surface area contributed by atoms with Crippen LogP contribution in [0.3, 0.4) is 0 Å². The molecule has 6 nitrogen and oxygen atoms in total. The number of carbonyl (C=O) groups excluding carboxylic acids is 2. The van der Waals surface area contributed by atoms with E-state index in [-0.39, 0.29) is 29.7 Å². The Morgan fingerprint density at radius 3 is 2.36 bits per heavy atom. The molecule has 0 aliphatic carbocycles. The summed E-state index contributed by atoms with van der Waals surface area (Å²) in [5.41, 5.74) is 0. The van der Waals surface area contributed by atoms with Crippen LogP contribution in [0, 0.1) is 11.8 Å². The highest BCUT2D eigenvalue weighted by Gasteiger charge is 2.49. The van der Waals surface area contributed by atoms with Gasteiger partial charge < -0.3 is 20.1 Å². The second-order valence-electron chi connectivity index (χ2n) is 7.19. The maximum atomic E-state index is 12.5. The van der Waals surface area contributed by atoms with E-state index in [2.05, 4.69) is 23.8 Å². The first-order valence-electron chi connectivity index (χ1n) is 8.80. The van der Waals surface area contributed by atoms with Gasteiger partial charge in [-0.1, -0.05) is 32.9 Å². The lowest BCUT2D eigenvalue weighted by molar-refractivity contribution is -0.157. The molecule has 1 saturated heterocycles. The molecule has 2 N–H and O–H groups in total. The number of carbonyl (C=O) groups is 2. The third-order valence-electron chi connectivity index (χ3n) is 4.18. The molecule has 25 heavy (non-hydrogen) atoms. The molecule has 0 aromatic heterocycles. The van der Waals surface area contributed by atoms with Crippen molar-refractivity contribution in [2.45, 2.75) is 65.1 Å². The van der Waals surface area contributed by atoms with E-state index < -0.39 is 18.0 Å². The van der Waals surface area contributed by atoms with Crippen molar-refractivity contribution >= 4 is 11.8 Å². The van der Waals surface area contributed by atoms with Crippen LogP contribution in [0.25, 0.3) is 0 Å². The molecule has 0 unspecified atom stereocenters. The summed E-state index contributed by atoms with van der Waals surface area (Å²) in [6.45, 7) is 17.0. The molecule has 1 fully saturated rings. The van der Waals surface area contributed by atoms with Crippen molar-refractivity contribution in [2.24, 2.45) is 11.8 Å². The van der Waals surface area contributed by atoms with Gasteiger partial charge in [0.2, 0.25) is 5.91 Å². The van der Waals surface area contributed by atoms with Gasteiger partial charge in [0.1, 0.15) is 6.10 Å². The molecule has 0 bridgehead atoms. The number of rotatable bonds is 9. The SMILES string of the molecule is C=CCCNC(=O)[C@H]1OC(C)(C)O[C@@H]1[C@@H](NC(=O)[C@@H](C)C=C)C(C)C. The summed E-state index contributed by atoms with van der Waals surface area (Å²) in [6, 6.07) is -0.355. The van der Waals surface area contributed by atoms with Gasteiger partial charge in [0.05, 0.1) is 12.0 Å². The fourth-order valence-corrected chi connectivity index (χ4v) is 2.68. The molecule has 2 amide bonds. The van der Waals surface area contributed by atoms with Crippen LogP contribution in [-0.4, -0.2) is 42.4 Å². The van der Waals surface area contributed by atoms with Crippen molar-refractivity contribution in [3.05, 3.63) is 25.3 Å². The van der Waals surface area contributed by atoms with Gasteiger partial charge >= 0.3 is 0 Å². The Bertz CT molecular complexity index is 502. The Morgan fingerprint density at radius 2 is 1.84 bits per heavy atom. The molecule has 142 valence electrons. The molecule has 0 aromatic rings. The third-order valence-corrected chi connectivity index (χ3v) is 4.18. The molecule has 1 aliphatic heterocycles. The predicted octanol–water partition coefficient (Wildman–Crippen LogP) is 2.16. The zero-order valence-corrected chi connectivity index (χ0v) is 16.0. The highest BCUT2D eigenvalue weighted by atomic mass is 16.8. The van der Waals surface area contributed by atoms with E-state index in [0.29, 0.717) is 13.0 Å². The summed E-state index contributed by atoms with van der Waals surface area (Å²) < 4.78 is 11.8. The number of nitrogens with one attached hydrogen (secondary N) is 2. The second kappa shape index (κ2) is 9.15. The molecule has 0 aromatic carbocycles. The summed E-state index contributed by atoms with van der Waals surface area (Å²) in [5.74, 6) is -1.54. The molecule has 6 heteroatoms. The number of ether oxygens (including phenoxy) is 2. The van der Waals surface area contributed by atoms with Crippen molar-refractivity contribution in [3.8, 4) is 0 Å². The molecular formula is C19H32N2O4. The van der Waals surface area contributed by atoms with Crippen LogP contribution in [0.4, 0.5) is 0 Å². The number of hydrogen-bond acceptors (Lipinski definition) is 4. The summed E-state index contributed by atoms with van der Waals surface area (Å²) >= 11 is 0. The molecule has 0 saturated carbocycles. The minimum absolute atomic E-state index is 0.0620.